The molecule has 0 fully saturated rings. The predicted octanol–water partition coefficient (Wildman–Crippen LogP) is 3.42. The van der Waals surface area contributed by atoms with Crippen LogP contribution in [0.15, 0.2) is 59.6 Å². The zero-order valence-corrected chi connectivity index (χ0v) is 15.7. The molecule has 0 radical (unpaired) electrons. The van der Waals surface area contributed by atoms with Crippen molar-refractivity contribution in [3.63, 3.8) is 0 Å². The van der Waals surface area contributed by atoms with Gasteiger partial charge in [-0.15, -0.1) is 24.8 Å². The molecule has 3 rings (SSSR count). The van der Waals surface area contributed by atoms with Crippen molar-refractivity contribution < 1.29 is 5.48 Å². The van der Waals surface area contributed by atoms with E-state index in [1.165, 1.54) is 16.7 Å². The lowest BCUT2D eigenvalue weighted by molar-refractivity contribution is 0.379. The molecule has 0 amide bonds. The van der Waals surface area contributed by atoms with Crippen molar-refractivity contribution in [2.45, 2.75) is 18.9 Å². The SMILES string of the molecule is CN(C)CCC1Cc2ccccc2C(c2ccccc2)=N1.Cl.Cl.O. The van der Waals surface area contributed by atoms with Crippen LogP contribution in [0.5, 0.6) is 0 Å². The maximum atomic E-state index is 5.06. The molecule has 0 aromatic heterocycles. The van der Waals surface area contributed by atoms with Gasteiger partial charge in [0, 0.05) is 11.1 Å². The Morgan fingerprint density at radius 2 is 1.58 bits per heavy atom. The van der Waals surface area contributed by atoms with Gasteiger partial charge >= 0.3 is 0 Å². The summed E-state index contributed by atoms with van der Waals surface area (Å²) in [6.45, 7) is 1.08. The Balaban J connectivity index is 0.00000176. The fourth-order valence-corrected chi connectivity index (χ4v) is 2.88. The molecule has 5 heteroatoms. The number of halogens is 2. The molecule has 0 spiro atoms. The van der Waals surface area contributed by atoms with Crippen molar-refractivity contribution in [1.29, 1.82) is 0 Å². The number of hydrogen-bond donors (Lipinski definition) is 0. The Hall–Kier alpha value is -1.39. The Kier molecular flexibility index (Phi) is 9.86. The molecule has 1 atom stereocenters. The second kappa shape index (κ2) is 10.5. The average molecular weight is 369 g/mol. The van der Waals surface area contributed by atoms with E-state index in [4.69, 9.17) is 4.99 Å². The normalized spacial score (nSPS) is 15.3. The van der Waals surface area contributed by atoms with Crippen LogP contribution < -0.4 is 0 Å². The smallest absolute Gasteiger partial charge is 0.0725 e. The fourth-order valence-electron chi connectivity index (χ4n) is 2.88. The largest absolute Gasteiger partial charge is 0.412 e. The zero-order valence-electron chi connectivity index (χ0n) is 14.1. The second-order valence-electron chi connectivity index (χ2n) is 5.95. The number of hydrogen-bond acceptors (Lipinski definition) is 2. The molecule has 24 heavy (non-hydrogen) atoms. The highest BCUT2D eigenvalue weighted by molar-refractivity contribution is 6.14. The number of aliphatic imine (C=N–C) groups is 1. The van der Waals surface area contributed by atoms with Crippen LogP contribution in [0.3, 0.4) is 0 Å². The Labute approximate surface area is 156 Å². The molecule has 1 aliphatic heterocycles. The van der Waals surface area contributed by atoms with Gasteiger partial charge in [-0.2, -0.15) is 0 Å². The van der Waals surface area contributed by atoms with E-state index in [-0.39, 0.29) is 30.3 Å². The van der Waals surface area contributed by atoms with Crippen molar-refractivity contribution in [2.75, 3.05) is 20.6 Å². The van der Waals surface area contributed by atoms with Gasteiger partial charge in [0.15, 0.2) is 0 Å². The van der Waals surface area contributed by atoms with Crippen LogP contribution in [0.2, 0.25) is 0 Å². The first kappa shape index (κ1) is 22.6. The third-order valence-corrected chi connectivity index (χ3v) is 4.00. The van der Waals surface area contributed by atoms with E-state index in [2.05, 4.69) is 73.6 Å². The Morgan fingerprint density at radius 1 is 0.958 bits per heavy atom. The lowest BCUT2D eigenvalue weighted by Gasteiger charge is -2.24. The van der Waals surface area contributed by atoms with Gasteiger partial charge in [0.25, 0.3) is 0 Å². The molecule has 0 saturated carbocycles. The van der Waals surface area contributed by atoms with Crippen molar-refractivity contribution in [3.8, 4) is 0 Å². The summed E-state index contributed by atoms with van der Waals surface area (Å²) in [7, 11) is 4.25. The maximum absolute atomic E-state index is 5.06. The molecule has 0 bridgehead atoms. The van der Waals surface area contributed by atoms with E-state index in [9.17, 15) is 0 Å². The molecule has 0 aliphatic carbocycles. The van der Waals surface area contributed by atoms with Gasteiger partial charge < -0.3 is 10.4 Å². The predicted molar refractivity (Wildman–Crippen MR) is 107 cm³/mol. The van der Waals surface area contributed by atoms with Gasteiger partial charge in [0.2, 0.25) is 0 Å². The second-order valence-corrected chi connectivity index (χ2v) is 5.95. The van der Waals surface area contributed by atoms with Gasteiger partial charge in [-0.3, -0.25) is 4.99 Å². The average Bonchev–Trinajstić information content (AvgIpc) is 2.53. The highest BCUT2D eigenvalue weighted by Gasteiger charge is 2.21. The van der Waals surface area contributed by atoms with E-state index < -0.39 is 0 Å². The van der Waals surface area contributed by atoms with Gasteiger partial charge in [-0.25, -0.2) is 0 Å². The van der Waals surface area contributed by atoms with Crippen LogP contribution in [0, 0.1) is 0 Å². The molecule has 0 saturated heterocycles. The van der Waals surface area contributed by atoms with Crippen LogP contribution >= 0.6 is 24.8 Å². The van der Waals surface area contributed by atoms with E-state index in [0.29, 0.717) is 6.04 Å². The van der Waals surface area contributed by atoms with Crippen LogP contribution in [0.1, 0.15) is 23.1 Å². The van der Waals surface area contributed by atoms with Gasteiger partial charge in [-0.1, -0.05) is 54.6 Å². The van der Waals surface area contributed by atoms with Crippen molar-refractivity contribution in [3.05, 3.63) is 71.3 Å². The summed E-state index contributed by atoms with van der Waals surface area (Å²) in [4.78, 5) is 7.29. The van der Waals surface area contributed by atoms with Crippen LogP contribution in [0.4, 0.5) is 0 Å². The summed E-state index contributed by atoms with van der Waals surface area (Å²) >= 11 is 0. The molecule has 2 N–H and O–H groups in total. The topological polar surface area (TPSA) is 47.1 Å². The minimum atomic E-state index is 0. The van der Waals surface area contributed by atoms with Crippen LogP contribution in [0.25, 0.3) is 0 Å². The summed E-state index contributed by atoms with van der Waals surface area (Å²) in [6, 6.07) is 19.6. The Morgan fingerprint density at radius 3 is 2.25 bits per heavy atom. The van der Waals surface area contributed by atoms with Crippen LogP contribution in [-0.2, 0) is 6.42 Å². The van der Waals surface area contributed by atoms with Crippen molar-refractivity contribution in [2.24, 2.45) is 4.99 Å². The maximum Gasteiger partial charge on any atom is 0.0725 e. The highest BCUT2D eigenvalue weighted by atomic mass is 35.5. The van der Waals surface area contributed by atoms with Crippen molar-refractivity contribution >= 4 is 30.5 Å². The van der Waals surface area contributed by atoms with Gasteiger partial charge in [0.05, 0.1) is 11.8 Å². The summed E-state index contributed by atoms with van der Waals surface area (Å²) < 4.78 is 0. The minimum Gasteiger partial charge on any atom is -0.412 e. The van der Waals surface area contributed by atoms with E-state index in [1.807, 2.05) is 0 Å². The molecular formula is C19H26Cl2N2O. The van der Waals surface area contributed by atoms with E-state index in [0.717, 1.165) is 25.1 Å². The van der Waals surface area contributed by atoms with Gasteiger partial charge in [0.1, 0.15) is 0 Å². The molecule has 2 aromatic rings. The lowest BCUT2D eigenvalue weighted by Crippen LogP contribution is -2.25. The molecule has 132 valence electrons. The fraction of sp³-hybridized carbons (Fsp3) is 0.316. The molecule has 1 unspecified atom stereocenters. The third-order valence-electron chi connectivity index (χ3n) is 4.00. The number of fused-ring (bicyclic) bond motifs is 1. The first-order valence-corrected chi connectivity index (χ1v) is 7.60. The van der Waals surface area contributed by atoms with E-state index in [1.54, 1.807) is 0 Å². The summed E-state index contributed by atoms with van der Waals surface area (Å²) in [5, 5.41) is 0. The molecule has 1 aliphatic rings. The van der Waals surface area contributed by atoms with Gasteiger partial charge in [-0.05, 0) is 39.0 Å². The minimum absolute atomic E-state index is 0. The summed E-state index contributed by atoms with van der Waals surface area (Å²) in [5.74, 6) is 0. The first-order chi connectivity index (χ1) is 10.2. The molecule has 2 aromatic carbocycles. The zero-order chi connectivity index (χ0) is 14.7. The summed E-state index contributed by atoms with van der Waals surface area (Å²) in [6.07, 6.45) is 2.16. The number of rotatable bonds is 4. The standard InChI is InChI=1S/C19H22N2.2ClH.H2O/c1-21(2)13-12-17-14-16-10-6-7-11-18(16)19(20-17)15-8-4-3-5-9-15;;;/h3-11,17H,12-14H2,1-2H3;2*1H;1H2. The first-order valence-electron chi connectivity index (χ1n) is 7.60. The number of nitrogens with zero attached hydrogens (tertiary/aromatic N) is 2. The third kappa shape index (κ3) is 5.32. The monoisotopic (exact) mass is 368 g/mol. The molecule has 3 nitrogen and oxygen atoms in total. The lowest BCUT2D eigenvalue weighted by atomic mass is 9.89. The molecule has 1 heterocycles. The van der Waals surface area contributed by atoms with E-state index >= 15 is 0 Å². The van der Waals surface area contributed by atoms with Crippen molar-refractivity contribution in [1.82, 2.24) is 4.90 Å². The Bertz CT molecular complexity index is 645. The highest BCUT2D eigenvalue weighted by Crippen LogP contribution is 2.24. The quantitative estimate of drug-likeness (QED) is 0.815. The molecular weight excluding hydrogens is 343 g/mol. The van der Waals surface area contributed by atoms with Crippen LogP contribution in [-0.4, -0.2) is 42.8 Å². The summed E-state index contributed by atoms with van der Waals surface area (Å²) in [5.41, 5.74) is 5.10. The number of benzene rings is 2.